The lowest BCUT2D eigenvalue weighted by atomic mass is 10.2. The molecule has 1 heterocycles. The van der Waals surface area contributed by atoms with Gasteiger partial charge in [-0.25, -0.2) is 8.42 Å². The molecule has 0 aromatic heterocycles. The number of hydrogen-bond acceptors (Lipinski definition) is 4. The number of aliphatic imine (C=N–C) groups is 1. The molecule has 0 aliphatic carbocycles. The maximum Gasteiger partial charge on any atom is 0.236 e. The summed E-state index contributed by atoms with van der Waals surface area (Å²) in [5.41, 5.74) is 1.91. The lowest BCUT2D eigenvalue weighted by molar-refractivity contribution is 0.590. The first-order valence-electron chi connectivity index (χ1n) is 8.95. The number of fused-ring (bicyclic) bond motifs is 1. The predicted molar refractivity (Wildman–Crippen MR) is 128 cm³/mol. The Balaban J connectivity index is 0.00000364. The number of sulfonamides is 1. The van der Waals surface area contributed by atoms with Gasteiger partial charge in [0.05, 0.1) is 18.0 Å². The average Bonchev–Trinajstić information content (AvgIpc) is 3.04. The van der Waals surface area contributed by atoms with Crippen LogP contribution in [0.15, 0.2) is 29.3 Å². The summed E-state index contributed by atoms with van der Waals surface area (Å²) in [6.07, 6.45) is 2.84. The van der Waals surface area contributed by atoms with E-state index in [-0.39, 0.29) is 34.5 Å². The van der Waals surface area contributed by atoms with Crippen molar-refractivity contribution >= 4 is 57.4 Å². The van der Waals surface area contributed by atoms with E-state index in [2.05, 4.69) is 35.7 Å². The van der Waals surface area contributed by atoms with E-state index < -0.39 is 10.0 Å². The number of nitrogens with zero attached hydrogens (tertiary/aromatic N) is 2. The van der Waals surface area contributed by atoms with Crippen molar-refractivity contribution < 1.29 is 8.42 Å². The molecule has 0 bridgehead atoms. The van der Waals surface area contributed by atoms with Crippen LogP contribution in [0.2, 0.25) is 0 Å². The molecule has 0 fully saturated rings. The van der Waals surface area contributed by atoms with Crippen molar-refractivity contribution in [3.63, 3.8) is 0 Å². The normalized spacial score (nSPS) is 14.5. The van der Waals surface area contributed by atoms with Crippen LogP contribution in [-0.2, 0) is 16.4 Å². The third-order valence-corrected chi connectivity index (χ3v) is 7.35. The molecule has 1 aromatic rings. The molecular weight excluding hydrogens is 495 g/mol. The van der Waals surface area contributed by atoms with Crippen molar-refractivity contribution in [2.24, 2.45) is 4.99 Å². The number of thioether (sulfide) groups is 1. The van der Waals surface area contributed by atoms with Gasteiger partial charge in [-0.1, -0.05) is 18.2 Å². The maximum atomic E-state index is 12.7. The van der Waals surface area contributed by atoms with E-state index in [1.807, 2.05) is 31.2 Å². The fourth-order valence-corrected chi connectivity index (χ4v) is 4.30. The molecule has 1 aliphatic heterocycles. The SMILES string of the molecule is CCNC(=NCC(C)(C)SC)NCCS(=O)(=O)N1CCc2ccccc21.I. The van der Waals surface area contributed by atoms with Crippen LogP contribution in [0.3, 0.4) is 0 Å². The summed E-state index contributed by atoms with van der Waals surface area (Å²) < 4.78 is 27.0. The Hall–Kier alpha value is -0.680. The summed E-state index contributed by atoms with van der Waals surface area (Å²) in [6, 6.07) is 7.70. The van der Waals surface area contributed by atoms with E-state index in [4.69, 9.17) is 0 Å². The minimum Gasteiger partial charge on any atom is -0.357 e. The van der Waals surface area contributed by atoms with Crippen LogP contribution in [-0.4, -0.2) is 57.3 Å². The van der Waals surface area contributed by atoms with E-state index in [9.17, 15) is 8.42 Å². The lowest BCUT2D eigenvalue weighted by Crippen LogP contribution is -2.42. The Morgan fingerprint density at radius 1 is 1.30 bits per heavy atom. The molecule has 2 N–H and O–H groups in total. The van der Waals surface area contributed by atoms with Crippen LogP contribution >= 0.6 is 35.7 Å². The highest BCUT2D eigenvalue weighted by molar-refractivity contribution is 14.0. The molecule has 0 saturated heterocycles. The van der Waals surface area contributed by atoms with Crippen molar-refractivity contribution in [2.75, 3.05) is 42.5 Å². The van der Waals surface area contributed by atoms with E-state index in [0.29, 0.717) is 25.6 Å². The zero-order valence-corrected chi connectivity index (χ0v) is 20.5. The molecule has 1 aliphatic rings. The lowest BCUT2D eigenvalue weighted by Gasteiger charge is -2.21. The molecule has 0 radical (unpaired) electrons. The summed E-state index contributed by atoms with van der Waals surface area (Å²) in [6.45, 7) is 8.52. The second-order valence-corrected chi connectivity index (χ2v) is 10.4. The fraction of sp³-hybridized carbons (Fsp3) is 0.611. The first kappa shape index (κ1) is 24.4. The zero-order chi connectivity index (χ0) is 19.2. The molecule has 154 valence electrons. The van der Waals surface area contributed by atoms with Gasteiger partial charge in [-0.15, -0.1) is 24.0 Å². The molecule has 0 unspecified atom stereocenters. The monoisotopic (exact) mass is 526 g/mol. The van der Waals surface area contributed by atoms with Gasteiger partial charge in [0.1, 0.15) is 0 Å². The number of para-hydroxylation sites is 1. The van der Waals surface area contributed by atoms with Gasteiger partial charge in [0, 0.05) is 24.4 Å². The Labute approximate surface area is 185 Å². The minimum absolute atomic E-state index is 0. The molecule has 0 amide bonds. The number of rotatable bonds is 8. The number of hydrogen-bond donors (Lipinski definition) is 2. The van der Waals surface area contributed by atoms with Gasteiger partial charge in [0.15, 0.2) is 5.96 Å². The molecule has 9 heteroatoms. The summed E-state index contributed by atoms with van der Waals surface area (Å²) in [4.78, 5) is 4.57. The maximum absolute atomic E-state index is 12.7. The first-order chi connectivity index (χ1) is 12.3. The highest BCUT2D eigenvalue weighted by Crippen LogP contribution is 2.29. The number of nitrogens with one attached hydrogen (secondary N) is 2. The smallest absolute Gasteiger partial charge is 0.236 e. The number of halogens is 1. The van der Waals surface area contributed by atoms with Gasteiger partial charge in [-0.05, 0) is 45.1 Å². The van der Waals surface area contributed by atoms with Gasteiger partial charge < -0.3 is 10.6 Å². The number of anilines is 1. The largest absolute Gasteiger partial charge is 0.357 e. The summed E-state index contributed by atoms with van der Waals surface area (Å²) in [5.74, 6) is 0.698. The fourth-order valence-electron chi connectivity index (χ4n) is 2.68. The molecule has 6 nitrogen and oxygen atoms in total. The second-order valence-electron chi connectivity index (χ2n) is 6.85. The predicted octanol–water partition coefficient (Wildman–Crippen LogP) is 2.69. The van der Waals surface area contributed by atoms with E-state index in [0.717, 1.165) is 24.2 Å². The van der Waals surface area contributed by atoms with Crippen LogP contribution in [0.1, 0.15) is 26.3 Å². The Morgan fingerprint density at radius 3 is 2.67 bits per heavy atom. The number of guanidine groups is 1. The third-order valence-electron chi connectivity index (χ3n) is 4.35. The standard InChI is InChI=1S/C18H30N4O2S2.HI/c1-5-19-17(21-14-18(2,3)25-4)20-11-13-26(23,24)22-12-10-15-8-6-7-9-16(15)22;/h6-9H,5,10-14H2,1-4H3,(H2,19,20,21);1H. The molecular formula is C18H31IN4O2S2. The van der Waals surface area contributed by atoms with E-state index >= 15 is 0 Å². The quantitative estimate of drug-likeness (QED) is 0.310. The molecule has 0 atom stereocenters. The molecule has 0 saturated carbocycles. The zero-order valence-electron chi connectivity index (χ0n) is 16.5. The van der Waals surface area contributed by atoms with Crippen LogP contribution in [0.25, 0.3) is 0 Å². The first-order valence-corrected chi connectivity index (χ1v) is 11.8. The van der Waals surface area contributed by atoms with Crippen molar-refractivity contribution in [3.8, 4) is 0 Å². The van der Waals surface area contributed by atoms with E-state index in [1.165, 1.54) is 4.31 Å². The second kappa shape index (κ2) is 10.8. The van der Waals surface area contributed by atoms with Gasteiger partial charge in [-0.3, -0.25) is 9.30 Å². The highest BCUT2D eigenvalue weighted by atomic mass is 127. The van der Waals surface area contributed by atoms with Crippen LogP contribution < -0.4 is 14.9 Å². The van der Waals surface area contributed by atoms with Gasteiger partial charge in [0.25, 0.3) is 0 Å². The molecule has 2 rings (SSSR count). The molecule has 27 heavy (non-hydrogen) atoms. The van der Waals surface area contributed by atoms with Crippen molar-refractivity contribution in [1.82, 2.24) is 10.6 Å². The minimum atomic E-state index is -3.35. The van der Waals surface area contributed by atoms with Crippen LogP contribution in [0.5, 0.6) is 0 Å². The van der Waals surface area contributed by atoms with E-state index in [1.54, 1.807) is 11.8 Å². The molecule has 1 aromatic carbocycles. The summed E-state index contributed by atoms with van der Waals surface area (Å²) in [7, 11) is -3.35. The van der Waals surface area contributed by atoms with Crippen molar-refractivity contribution in [3.05, 3.63) is 29.8 Å². The van der Waals surface area contributed by atoms with Gasteiger partial charge in [-0.2, -0.15) is 11.8 Å². The summed E-state index contributed by atoms with van der Waals surface area (Å²) >= 11 is 1.76. The average molecular weight is 527 g/mol. The third kappa shape index (κ3) is 7.01. The van der Waals surface area contributed by atoms with Crippen LogP contribution in [0, 0.1) is 0 Å². The molecule has 0 spiro atoms. The highest BCUT2D eigenvalue weighted by Gasteiger charge is 2.28. The Kier molecular flexibility index (Phi) is 9.70. The van der Waals surface area contributed by atoms with Crippen molar-refractivity contribution in [1.29, 1.82) is 0 Å². The topological polar surface area (TPSA) is 73.8 Å². The van der Waals surface area contributed by atoms with Crippen molar-refractivity contribution in [2.45, 2.75) is 31.9 Å². The van der Waals surface area contributed by atoms with Gasteiger partial charge in [0.2, 0.25) is 10.0 Å². The number of benzene rings is 1. The van der Waals surface area contributed by atoms with Crippen LogP contribution in [0.4, 0.5) is 5.69 Å². The Bertz CT molecular complexity index is 739. The summed E-state index contributed by atoms with van der Waals surface area (Å²) in [5, 5.41) is 6.32. The van der Waals surface area contributed by atoms with Gasteiger partial charge >= 0.3 is 0 Å². The Morgan fingerprint density at radius 2 is 2.00 bits per heavy atom.